The molecule has 2 aliphatic heterocycles. The molecule has 4 heterocycles. The van der Waals surface area contributed by atoms with Crippen LogP contribution < -0.4 is 10.2 Å². The van der Waals surface area contributed by atoms with Crippen molar-refractivity contribution in [1.82, 2.24) is 20.2 Å². The molecule has 5 rings (SSSR count). The van der Waals surface area contributed by atoms with E-state index < -0.39 is 0 Å². The van der Waals surface area contributed by atoms with E-state index in [1.165, 1.54) is 11.1 Å². The van der Waals surface area contributed by atoms with Gasteiger partial charge in [0.05, 0.1) is 17.4 Å². The maximum absolute atomic E-state index is 8.68. The molecule has 2 aromatic heterocycles. The molecule has 33 heavy (non-hydrogen) atoms. The molecule has 2 aliphatic rings. The Morgan fingerprint density at radius 1 is 1.06 bits per heavy atom. The Kier molecular flexibility index (Phi) is 6.26. The van der Waals surface area contributed by atoms with Crippen molar-refractivity contribution in [2.75, 3.05) is 37.6 Å². The Morgan fingerprint density at radius 2 is 1.91 bits per heavy atom. The van der Waals surface area contributed by atoms with Crippen molar-refractivity contribution in [3.8, 4) is 11.4 Å². The minimum atomic E-state index is 0.290. The van der Waals surface area contributed by atoms with Gasteiger partial charge in [0.15, 0.2) is 0 Å². The third-order valence-electron chi connectivity index (χ3n) is 6.57. The lowest BCUT2D eigenvalue weighted by Gasteiger charge is -2.28. The second-order valence-corrected chi connectivity index (χ2v) is 8.93. The lowest BCUT2D eigenvalue weighted by atomic mass is 10.0. The summed E-state index contributed by atoms with van der Waals surface area (Å²) in [4.78, 5) is 12.9. The molecular weight excluding hydrogens is 408 g/mol. The van der Waals surface area contributed by atoms with Gasteiger partial charge in [0, 0.05) is 38.4 Å². The molecule has 2 saturated heterocycles. The quantitative estimate of drug-likeness (QED) is 0.400. The van der Waals surface area contributed by atoms with E-state index in [2.05, 4.69) is 75.6 Å². The van der Waals surface area contributed by atoms with E-state index >= 15 is 0 Å². The summed E-state index contributed by atoms with van der Waals surface area (Å²) >= 11 is 0. The molecule has 170 valence electrons. The van der Waals surface area contributed by atoms with Gasteiger partial charge in [0.2, 0.25) is 0 Å². The molecule has 3 N–H and O–H groups in total. The number of anilines is 1. The Balaban J connectivity index is 1.28. The summed E-state index contributed by atoms with van der Waals surface area (Å²) in [6.07, 6.45) is 6.13. The highest BCUT2D eigenvalue weighted by molar-refractivity contribution is 5.94. The average Bonchev–Trinajstić information content (AvgIpc) is 3.53. The Morgan fingerprint density at radius 3 is 2.76 bits per heavy atom. The first-order valence-electron chi connectivity index (χ1n) is 11.9. The molecule has 0 bridgehead atoms. The first-order valence-corrected chi connectivity index (χ1v) is 11.9. The molecule has 1 aromatic carbocycles. The van der Waals surface area contributed by atoms with Gasteiger partial charge in [-0.15, -0.1) is 0 Å². The number of hydrogen-bond donors (Lipinski definition) is 3. The monoisotopic (exact) mass is 440 g/mol. The fourth-order valence-electron chi connectivity index (χ4n) is 4.85. The Hall–Kier alpha value is -3.38. The van der Waals surface area contributed by atoms with Gasteiger partial charge in [-0.3, -0.25) is 5.41 Å². The zero-order valence-electron chi connectivity index (χ0n) is 19.2. The molecule has 0 radical (unpaired) electrons. The van der Waals surface area contributed by atoms with Gasteiger partial charge in [0.1, 0.15) is 11.7 Å². The molecule has 2 fully saturated rings. The number of nitrogens with one attached hydrogen (secondary N) is 3. The van der Waals surface area contributed by atoms with Crippen LogP contribution in [0.2, 0.25) is 0 Å². The van der Waals surface area contributed by atoms with E-state index in [1.807, 2.05) is 18.2 Å². The molecule has 0 spiro atoms. The number of amidine groups is 1. The standard InChI is InChI=1S/C27H32N6/c1-20-5-2-6-21(19-20)25-8-4-16-33(25)26(28)13-11-22-10-12-24(30-22)23-7-3-9-27(31-23)32-17-14-29-15-18-32/h2-3,5-7,9-13,19,25,28-30H,4,8,14-18H2,1H3/b13-11-,28-26?. The van der Waals surface area contributed by atoms with Gasteiger partial charge in [-0.2, -0.15) is 0 Å². The number of nitrogens with zero attached hydrogens (tertiary/aromatic N) is 3. The van der Waals surface area contributed by atoms with Gasteiger partial charge in [0.25, 0.3) is 0 Å². The Bertz CT molecular complexity index is 1140. The number of piperazine rings is 1. The normalized spacial score (nSPS) is 18.9. The number of aryl methyl sites for hydroxylation is 1. The van der Waals surface area contributed by atoms with Gasteiger partial charge in [-0.1, -0.05) is 35.9 Å². The Labute approximate surface area is 195 Å². The summed E-state index contributed by atoms with van der Waals surface area (Å²) in [5.41, 5.74) is 5.51. The van der Waals surface area contributed by atoms with Crippen LogP contribution in [-0.4, -0.2) is 53.4 Å². The topological polar surface area (TPSA) is 71.0 Å². The van der Waals surface area contributed by atoms with Gasteiger partial charge >= 0.3 is 0 Å². The van der Waals surface area contributed by atoms with Crippen LogP contribution in [0, 0.1) is 12.3 Å². The van der Waals surface area contributed by atoms with Crippen molar-refractivity contribution < 1.29 is 0 Å². The second kappa shape index (κ2) is 9.63. The zero-order chi connectivity index (χ0) is 22.6. The molecule has 0 amide bonds. The van der Waals surface area contributed by atoms with Crippen molar-refractivity contribution >= 4 is 17.7 Å². The number of likely N-dealkylation sites (tertiary alicyclic amines) is 1. The molecule has 6 heteroatoms. The van der Waals surface area contributed by atoms with Crippen molar-refractivity contribution in [2.45, 2.75) is 25.8 Å². The minimum Gasteiger partial charge on any atom is -0.354 e. The fraction of sp³-hybridized carbons (Fsp3) is 0.333. The van der Waals surface area contributed by atoms with E-state index in [0.717, 1.165) is 68.5 Å². The number of rotatable bonds is 5. The van der Waals surface area contributed by atoms with E-state index in [4.69, 9.17) is 10.4 Å². The summed E-state index contributed by atoms with van der Waals surface area (Å²) in [5.74, 6) is 1.59. The maximum atomic E-state index is 8.68. The first kappa shape index (κ1) is 21.5. The molecule has 1 atom stereocenters. The number of benzene rings is 1. The van der Waals surface area contributed by atoms with E-state index in [-0.39, 0.29) is 6.04 Å². The van der Waals surface area contributed by atoms with Crippen LogP contribution in [0.4, 0.5) is 5.82 Å². The molecule has 6 nitrogen and oxygen atoms in total. The van der Waals surface area contributed by atoms with Crippen molar-refractivity contribution in [1.29, 1.82) is 5.41 Å². The molecule has 0 saturated carbocycles. The highest BCUT2D eigenvalue weighted by atomic mass is 15.2. The van der Waals surface area contributed by atoms with Crippen molar-refractivity contribution in [2.24, 2.45) is 0 Å². The highest BCUT2D eigenvalue weighted by Crippen LogP contribution is 2.32. The number of H-pyrrole nitrogens is 1. The van der Waals surface area contributed by atoms with E-state index in [9.17, 15) is 0 Å². The molecular formula is C27H32N6. The second-order valence-electron chi connectivity index (χ2n) is 8.93. The van der Waals surface area contributed by atoms with Crippen LogP contribution >= 0.6 is 0 Å². The van der Waals surface area contributed by atoms with Crippen LogP contribution in [0.15, 0.2) is 60.7 Å². The van der Waals surface area contributed by atoms with Gasteiger partial charge in [-0.05, 0) is 61.7 Å². The molecule has 1 unspecified atom stereocenters. The van der Waals surface area contributed by atoms with Gasteiger partial charge < -0.3 is 20.1 Å². The van der Waals surface area contributed by atoms with E-state index in [0.29, 0.717) is 5.84 Å². The van der Waals surface area contributed by atoms with Crippen LogP contribution in [0.5, 0.6) is 0 Å². The number of aromatic nitrogens is 2. The fourth-order valence-corrected chi connectivity index (χ4v) is 4.85. The van der Waals surface area contributed by atoms with E-state index in [1.54, 1.807) is 0 Å². The molecule has 0 aliphatic carbocycles. The number of pyridine rings is 1. The maximum Gasteiger partial charge on any atom is 0.129 e. The number of hydrogen-bond acceptors (Lipinski definition) is 4. The first-order chi connectivity index (χ1) is 16.2. The lowest BCUT2D eigenvalue weighted by Crippen LogP contribution is -2.43. The SMILES string of the molecule is Cc1cccc(C2CCCN2C(=N)/C=C\c2ccc(-c3cccc(N4CCNCC4)n3)[nH]2)c1. The van der Waals surface area contributed by atoms with Crippen LogP contribution in [-0.2, 0) is 0 Å². The zero-order valence-corrected chi connectivity index (χ0v) is 19.2. The third-order valence-corrected chi connectivity index (χ3v) is 6.57. The minimum absolute atomic E-state index is 0.290. The van der Waals surface area contributed by atoms with Crippen LogP contribution in [0.25, 0.3) is 17.5 Å². The summed E-state index contributed by atoms with van der Waals surface area (Å²) in [7, 11) is 0. The highest BCUT2D eigenvalue weighted by Gasteiger charge is 2.27. The van der Waals surface area contributed by atoms with Crippen molar-refractivity contribution in [3.63, 3.8) is 0 Å². The largest absolute Gasteiger partial charge is 0.354 e. The van der Waals surface area contributed by atoms with Crippen molar-refractivity contribution in [3.05, 3.63) is 77.5 Å². The smallest absolute Gasteiger partial charge is 0.129 e. The summed E-state index contributed by atoms with van der Waals surface area (Å²) in [5, 5.41) is 12.1. The number of aromatic amines is 1. The van der Waals surface area contributed by atoms with Crippen LogP contribution in [0.1, 0.15) is 35.7 Å². The summed E-state index contributed by atoms with van der Waals surface area (Å²) in [6, 6.07) is 19.3. The average molecular weight is 441 g/mol. The predicted molar refractivity (Wildman–Crippen MR) is 136 cm³/mol. The van der Waals surface area contributed by atoms with Gasteiger partial charge in [-0.25, -0.2) is 4.98 Å². The predicted octanol–water partition coefficient (Wildman–Crippen LogP) is 4.62. The summed E-state index contributed by atoms with van der Waals surface area (Å²) in [6.45, 7) is 7.02. The molecule has 3 aromatic rings. The van der Waals surface area contributed by atoms with Crippen LogP contribution in [0.3, 0.4) is 0 Å². The summed E-state index contributed by atoms with van der Waals surface area (Å²) < 4.78 is 0. The lowest BCUT2D eigenvalue weighted by molar-refractivity contribution is 0.400. The third kappa shape index (κ3) is 4.86.